The predicted octanol–water partition coefficient (Wildman–Crippen LogP) is 17.0. The largest absolute Gasteiger partial charge is 2.00 e. The van der Waals surface area contributed by atoms with Gasteiger partial charge >= 0.3 is 261 Å². The van der Waals surface area contributed by atoms with Crippen molar-refractivity contribution >= 4 is 59.5 Å². The minimum Gasteiger partial charge on any atom is 2.00 e. The molecule has 0 saturated carbocycles. The van der Waals surface area contributed by atoms with E-state index >= 15 is 17.6 Å². The molecule has 15 heteroatoms. The molecule has 0 atom stereocenters. The molecular weight excluding hydrogens is 1070 g/mol. The topological polar surface area (TPSA) is 0 Å². The molecule has 0 aliphatic heterocycles. The van der Waals surface area contributed by atoms with Crippen LogP contribution in [0.3, 0.4) is 0 Å². The van der Waals surface area contributed by atoms with Gasteiger partial charge in [-0.2, -0.15) is 11.8 Å². The standard InChI is InChI=1S/C30H14BF10Si.C16H13.C12H25Si2.Zr/c1-42(2)10-14-17(19-23(34)27(38)30(41)28(39)24(19)35)16-13(20(14)31)9-8-12(15(16)11-6-4-3-5-7-11)18-21(32)25(36)29(40)26(37)22(18)33;1-12-10-14-8-5-9-15(16(14)11-12)13-6-3-2-4-7-13;1-11(9-13(3,4)5)12(2)10-14(6,7)8;/h3-10H,1-2H3;2-11H,1H3;9H,1-8H3;/q;2*-1;+2. The van der Waals surface area contributed by atoms with Crippen LogP contribution in [0.4, 0.5) is 43.9 Å². The van der Waals surface area contributed by atoms with Crippen LogP contribution < -0.4 is 0 Å². The van der Waals surface area contributed by atoms with Crippen molar-refractivity contribution in [2.45, 2.75) is 73.1 Å². The predicted molar refractivity (Wildman–Crippen MR) is 285 cm³/mol. The fourth-order valence-electron chi connectivity index (χ4n) is 8.65. The van der Waals surface area contributed by atoms with E-state index in [1.54, 1.807) is 13.1 Å². The SMILES string of the molecule is CC(=[C-][Si](C)(C)C)C(C)=C[Si](C)(C)C.Cc1cc2c(-c3ccccc3)cccc2[cH-]1.[B]=C1C(C=[Si](C)C)=C(c2c(F)c(F)c(F)c(F)c2F)c2c1ccc(-c1c(F)c(F)c(F)c(F)c1F)c2-c1ccccc1.[Zr+2]. The molecule has 7 aromatic rings. The zero-order valence-corrected chi connectivity index (χ0v) is 47.8. The number of rotatable bonds is 8. The molecule has 0 spiro atoms. The van der Waals surface area contributed by atoms with Gasteiger partial charge in [0, 0.05) is 0 Å². The van der Waals surface area contributed by atoms with Crippen LogP contribution in [0, 0.1) is 70.8 Å². The Labute approximate surface area is 445 Å². The number of allylic oxidation sites excluding steroid dienone is 3. The van der Waals surface area contributed by atoms with E-state index in [4.69, 9.17) is 7.49 Å². The van der Waals surface area contributed by atoms with Crippen LogP contribution in [0.1, 0.15) is 36.1 Å². The van der Waals surface area contributed by atoms with Gasteiger partial charge < -0.3 is 0 Å². The second-order valence-corrected chi connectivity index (χ2v) is 32.2. The summed E-state index contributed by atoms with van der Waals surface area (Å²) < 4.78 is 147. The van der Waals surface area contributed by atoms with E-state index in [-0.39, 0.29) is 59.5 Å². The van der Waals surface area contributed by atoms with Crippen molar-refractivity contribution in [2.24, 2.45) is 0 Å². The molecule has 0 unspecified atom stereocenters. The van der Waals surface area contributed by atoms with Crippen LogP contribution in [0.2, 0.25) is 52.4 Å². The number of fused-ring (bicyclic) bond motifs is 2. The van der Waals surface area contributed by atoms with Crippen molar-refractivity contribution in [3.63, 3.8) is 0 Å². The minimum absolute atomic E-state index is 0. The maximum Gasteiger partial charge on any atom is 2.00 e. The molecule has 0 nitrogen and oxygen atoms in total. The molecule has 8 rings (SSSR count). The summed E-state index contributed by atoms with van der Waals surface area (Å²) in [5.41, 5.74) is 9.56. The maximum absolute atomic E-state index is 15.4. The van der Waals surface area contributed by atoms with Gasteiger partial charge in [-0.25, -0.2) is 11.1 Å². The summed E-state index contributed by atoms with van der Waals surface area (Å²) >= 11 is 0. The maximum atomic E-state index is 15.4. The zero-order valence-electron chi connectivity index (χ0n) is 42.3. The molecule has 0 aromatic heterocycles. The van der Waals surface area contributed by atoms with Crippen molar-refractivity contribution in [1.82, 2.24) is 0 Å². The third-order valence-corrected chi connectivity index (χ3v) is 14.8. The normalized spacial score (nSPS) is 12.7. The number of benzene rings is 6. The fraction of sp³-hybridized carbons (Fsp3) is 0.190. The van der Waals surface area contributed by atoms with Crippen molar-refractivity contribution < 1.29 is 70.1 Å². The summed E-state index contributed by atoms with van der Waals surface area (Å²) in [6, 6.07) is 30.9. The smallest absolute Gasteiger partial charge is 2.00 e. The molecule has 0 bridgehead atoms. The molecule has 0 N–H and O–H groups in total. The fourth-order valence-corrected chi connectivity index (χ4v) is 12.4. The molecule has 0 fully saturated rings. The summed E-state index contributed by atoms with van der Waals surface area (Å²) in [6.07, 6.45) is 0. The zero-order chi connectivity index (χ0) is 53.3. The van der Waals surface area contributed by atoms with Crippen molar-refractivity contribution in [1.29, 1.82) is 0 Å². The number of halogens is 10. The minimum atomic E-state index is -2.41. The molecule has 373 valence electrons. The van der Waals surface area contributed by atoms with Gasteiger partial charge in [0.25, 0.3) is 0 Å². The Hall–Kier alpha value is -5.21. The first-order valence-corrected chi connectivity index (χ1v) is 32.6. The van der Waals surface area contributed by atoms with Crippen LogP contribution >= 0.6 is 0 Å². The molecule has 7 aromatic carbocycles. The average molecular weight is 1130 g/mol. The van der Waals surface area contributed by atoms with Gasteiger partial charge in [0.05, 0.1) is 8.07 Å². The third kappa shape index (κ3) is 12.8. The summed E-state index contributed by atoms with van der Waals surface area (Å²) in [5.74, 6) is -22.6. The molecule has 1 aliphatic rings. The van der Waals surface area contributed by atoms with E-state index < -0.39 is 105 Å². The Bertz CT molecular complexity index is 3290. The molecule has 1 aliphatic carbocycles. The van der Waals surface area contributed by atoms with Crippen LogP contribution in [0.5, 0.6) is 0 Å². The van der Waals surface area contributed by atoms with Crippen LogP contribution in [0.15, 0.2) is 126 Å². The number of hydrogen-bond donors (Lipinski definition) is 0. The van der Waals surface area contributed by atoms with E-state index in [2.05, 4.69) is 132 Å². The van der Waals surface area contributed by atoms with Crippen LogP contribution in [-0.4, -0.2) is 43.2 Å². The summed E-state index contributed by atoms with van der Waals surface area (Å²) in [7, 11) is 2.64. The van der Waals surface area contributed by atoms with Gasteiger partial charge in [-0.15, -0.1) is 41.5 Å². The van der Waals surface area contributed by atoms with Gasteiger partial charge in [-0.3, -0.25) is 5.70 Å². The van der Waals surface area contributed by atoms with E-state index in [9.17, 15) is 26.3 Å². The van der Waals surface area contributed by atoms with E-state index in [0.29, 0.717) is 0 Å². The van der Waals surface area contributed by atoms with E-state index in [1.807, 2.05) is 0 Å². The van der Waals surface area contributed by atoms with Gasteiger partial charge in [0.1, 0.15) is 0 Å². The van der Waals surface area contributed by atoms with E-state index in [0.717, 1.165) is 12.1 Å². The van der Waals surface area contributed by atoms with Crippen molar-refractivity contribution in [3.8, 4) is 33.4 Å². The molecule has 0 heterocycles. The monoisotopic (exact) mass is 1120 g/mol. The molecule has 0 amide bonds. The molecule has 1 radical (unpaired) electrons. The summed E-state index contributed by atoms with van der Waals surface area (Å²) in [5, 5.41) is 2.69. The Kier molecular flexibility index (Phi) is 18.9. The Balaban J connectivity index is 0.000000259. The third-order valence-electron chi connectivity index (χ3n) is 11.5. The van der Waals surface area contributed by atoms with Gasteiger partial charge in [0.2, 0.25) is 0 Å². The summed E-state index contributed by atoms with van der Waals surface area (Å²) in [6.45, 7) is 24.2. The first kappa shape index (κ1) is 58.7. The Morgan fingerprint density at radius 3 is 1.49 bits per heavy atom. The van der Waals surface area contributed by atoms with E-state index in [1.165, 1.54) is 74.6 Å². The van der Waals surface area contributed by atoms with Crippen molar-refractivity contribution in [2.75, 3.05) is 0 Å². The molecule has 0 saturated heterocycles. The van der Waals surface area contributed by atoms with Crippen molar-refractivity contribution in [3.05, 3.63) is 212 Å². The second kappa shape index (κ2) is 23.6. The van der Waals surface area contributed by atoms with Crippen LogP contribution in [0.25, 0.3) is 49.7 Å². The second-order valence-electron chi connectivity index (χ2n) is 20.0. The summed E-state index contributed by atoms with van der Waals surface area (Å²) in [4.78, 5) is 0. The van der Waals surface area contributed by atoms with Crippen LogP contribution in [-0.2, 0) is 26.2 Å². The van der Waals surface area contributed by atoms with Gasteiger partial charge in [-0.05, 0) is 13.6 Å². The average Bonchev–Trinajstić information content (AvgIpc) is 3.84. The quantitative estimate of drug-likeness (QED) is 0.0355. The first-order chi connectivity index (χ1) is 33.6. The Morgan fingerprint density at radius 1 is 0.548 bits per heavy atom. The molecule has 73 heavy (non-hydrogen) atoms. The number of aryl methyl sites for hydroxylation is 1. The van der Waals surface area contributed by atoms with Gasteiger partial charge in [-0.1, -0.05) is 95.1 Å². The number of hydrogen-bond acceptors (Lipinski definition) is 0. The van der Waals surface area contributed by atoms with Gasteiger partial charge in [0.15, 0.2) is 0 Å². The molecular formula is C58H52BF10Si3Zr. The Morgan fingerprint density at radius 2 is 1.01 bits per heavy atom. The first-order valence-electron chi connectivity index (χ1n) is 23.0.